The van der Waals surface area contributed by atoms with Gasteiger partial charge in [-0.3, -0.25) is 14.5 Å². The van der Waals surface area contributed by atoms with Crippen molar-refractivity contribution in [1.29, 1.82) is 0 Å². The molecule has 1 fully saturated rings. The van der Waals surface area contributed by atoms with Gasteiger partial charge in [-0.25, -0.2) is 0 Å². The Bertz CT molecular complexity index is 878. The number of ketones is 1. The minimum atomic E-state index is -0.198. The molecule has 6 nitrogen and oxygen atoms in total. The van der Waals surface area contributed by atoms with E-state index in [2.05, 4.69) is 22.2 Å². The molecule has 1 aliphatic heterocycles. The van der Waals surface area contributed by atoms with Gasteiger partial charge in [0.1, 0.15) is 5.75 Å². The van der Waals surface area contributed by atoms with Crippen molar-refractivity contribution in [2.45, 2.75) is 19.4 Å². The van der Waals surface area contributed by atoms with Crippen LogP contribution in [0, 0.1) is 0 Å². The maximum atomic E-state index is 12.5. The molecule has 0 atom stereocenters. The van der Waals surface area contributed by atoms with Crippen molar-refractivity contribution in [3.8, 4) is 5.75 Å². The summed E-state index contributed by atoms with van der Waals surface area (Å²) in [6.07, 6.45) is 0.182. The Morgan fingerprint density at radius 3 is 2.40 bits per heavy atom. The van der Waals surface area contributed by atoms with Crippen LogP contribution in [0.4, 0.5) is 5.69 Å². The summed E-state index contributed by atoms with van der Waals surface area (Å²) < 4.78 is 5.21. The van der Waals surface area contributed by atoms with Crippen LogP contribution in [0.15, 0.2) is 42.5 Å². The summed E-state index contributed by atoms with van der Waals surface area (Å²) in [7, 11) is 3.65. The van der Waals surface area contributed by atoms with Gasteiger partial charge < -0.3 is 15.0 Å². The number of hydrogen-bond acceptors (Lipinski definition) is 5. The number of rotatable bonds is 8. The fourth-order valence-corrected chi connectivity index (χ4v) is 3.61. The molecule has 0 spiro atoms. The lowest BCUT2D eigenvalue weighted by Gasteiger charge is -2.32. The molecule has 1 amide bonds. The van der Waals surface area contributed by atoms with Crippen molar-refractivity contribution in [3.63, 3.8) is 0 Å². The van der Waals surface area contributed by atoms with Gasteiger partial charge in [0.15, 0.2) is 5.78 Å². The lowest BCUT2D eigenvalue weighted by atomic mass is 10.1. The Hall–Kier alpha value is -2.41. The average Bonchev–Trinajstić information content (AvgIpc) is 2.75. The second kappa shape index (κ2) is 10.6. The molecule has 2 aromatic rings. The van der Waals surface area contributed by atoms with Crippen LogP contribution in [0.25, 0.3) is 0 Å². The maximum absolute atomic E-state index is 12.5. The van der Waals surface area contributed by atoms with Crippen LogP contribution < -0.4 is 10.1 Å². The molecule has 1 N–H and O–H groups in total. The molecule has 0 unspecified atom stereocenters. The fraction of sp³-hybridized carbons (Fsp3) is 0.391. The molecule has 30 heavy (non-hydrogen) atoms. The predicted octanol–water partition coefficient (Wildman–Crippen LogP) is 3.70. The van der Waals surface area contributed by atoms with Gasteiger partial charge in [0.2, 0.25) is 5.91 Å². The topological polar surface area (TPSA) is 61.9 Å². The van der Waals surface area contributed by atoms with E-state index in [4.69, 9.17) is 16.3 Å². The minimum Gasteiger partial charge on any atom is -0.496 e. The summed E-state index contributed by atoms with van der Waals surface area (Å²) in [5, 5.41) is 3.32. The molecule has 160 valence electrons. The minimum absolute atomic E-state index is 0.0873. The normalized spacial score (nSPS) is 15.0. The monoisotopic (exact) mass is 429 g/mol. The first-order valence-electron chi connectivity index (χ1n) is 10.1. The summed E-state index contributed by atoms with van der Waals surface area (Å²) in [4.78, 5) is 29.5. The molecular formula is C23H28ClN3O3. The number of likely N-dealkylation sites (N-methyl/N-ethyl adjacent to an activating group) is 1. The van der Waals surface area contributed by atoms with Crippen molar-refractivity contribution in [1.82, 2.24) is 9.80 Å². The van der Waals surface area contributed by atoms with Gasteiger partial charge in [-0.1, -0.05) is 23.7 Å². The van der Waals surface area contributed by atoms with Gasteiger partial charge in [-0.05, 0) is 42.9 Å². The van der Waals surface area contributed by atoms with Gasteiger partial charge in [-0.15, -0.1) is 0 Å². The Balaban J connectivity index is 1.48. The van der Waals surface area contributed by atoms with Gasteiger partial charge in [-0.2, -0.15) is 0 Å². The highest BCUT2D eigenvalue weighted by Gasteiger charge is 2.16. The third-order valence-corrected chi connectivity index (χ3v) is 5.52. The van der Waals surface area contributed by atoms with E-state index in [1.807, 2.05) is 24.3 Å². The van der Waals surface area contributed by atoms with E-state index in [1.165, 1.54) is 12.7 Å². The zero-order valence-electron chi connectivity index (χ0n) is 17.5. The van der Waals surface area contributed by atoms with Crippen LogP contribution in [0.5, 0.6) is 5.75 Å². The number of nitrogens with zero attached hydrogens (tertiary/aromatic N) is 2. The Kier molecular flexibility index (Phi) is 7.85. The van der Waals surface area contributed by atoms with Crippen LogP contribution in [-0.2, 0) is 11.3 Å². The number of methoxy groups -OCH3 is 1. The van der Waals surface area contributed by atoms with Crippen molar-refractivity contribution >= 4 is 29.0 Å². The van der Waals surface area contributed by atoms with Crippen molar-refractivity contribution in [2.75, 3.05) is 45.7 Å². The van der Waals surface area contributed by atoms with Gasteiger partial charge in [0.05, 0.1) is 12.7 Å². The van der Waals surface area contributed by atoms with E-state index < -0.39 is 0 Å². The standard InChI is InChI=1S/C23H28ClN3O3/c1-26-11-13-27(14-12-26)16-17-3-6-19(7-4-17)25-23(29)10-8-21(28)20-15-18(24)5-9-22(20)30-2/h3-7,9,15H,8,10-14,16H2,1-2H3,(H,25,29). The Morgan fingerprint density at radius 1 is 1.03 bits per heavy atom. The second-order valence-corrected chi connectivity index (χ2v) is 8.03. The molecule has 0 saturated carbocycles. The van der Waals surface area contributed by atoms with Crippen LogP contribution in [-0.4, -0.2) is 61.8 Å². The maximum Gasteiger partial charge on any atom is 0.224 e. The highest BCUT2D eigenvalue weighted by atomic mass is 35.5. The largest absolute Gasteiger partial charge is 0.496 e. The molecule has 3 rings (SSSR count). The lowest BCUT2D eigenvalue weighted by Crippen LogP contribution is -2.43. The van der Waals surface area contributed by atoms with Crippen LogP contribution in [0.1, 0.15) is 28.8 Å². The van der Waals surface area contributed by atoms with E-state index in [9.17, 15) is 9.59 Å². The van der Waals surface area contributed by atoms with Crippen LogP contribution >= 0.6 is 11.6 Å². The molecule has 0 aliphatic carbocycles. The first-order valence-corrected chi connectivity index (χ1v) is 10.5. The fourth-order valence-electron chi connectivity index (χ4n) is 3.44. The molecule has 2 aromatic carbocycles. The lowest BCUT2D eigenvalue weighted by molar-refractivity contribution is -0.116. The van der Waals surface area contributed by atoms with Crippen molar-refractivity contribution in [2.24, 2.45) is 0 Å². The summed E-state index contributed by atoms with van der Waals surface area (Å²) in [5.74, 6) is 0.0870. The number of Topliss-reactive ketones (excluding diaryl/α,β-unsaturated/α-hetero) is 1. The van der Waals surface area contributed by atoms with Crippen molar-refractivity contribution in [3.05, 3.63) is 58.6 Å². The molecule has 1 saturated heterocycles. The number of nitrogens with one attached hydrogen (secondary N) is 1. The zero-order valence-corrected chi connectivity index (χ0v) is 18.2. The molecule has 0 aromatic heterocycles. The van der Waals surface area contributed by atoms with Crippen LogP contribution in [0.3, 0.4) is 0 Å². The van der Waals surface area contributed by atoms with Crippen molar-refractivity contribution < 1.29 is 14.3 Å². The highest BCUT2D eigenvalue weighted by molar-refractivity contribution is 6.31. The third-order valence-electron chi connectivity index (χ3n) is 5.28. The van der Waals surface area contributed by atoms with E-state index in [0.717, 1.165) is 38.4 Å². The number of ether oxygens (including phenoxy) is 1. The number of benzene rings is 2. The Morgan fingerprint density at radius 2 is 1.73 bits per heavy atom. The summed E-state index contributed by atoms with van der Waals surface area (Å²) >= 11 is 5.98. The quantitative estimate of drug-likeness (QED) is 0.648. The second-order valence-electron chi connectivity index (χ2n) is 7.59. The van der Waals surface area contributed by atoms with Gasteiger partial charge >= 0.3 is 0 Å². The number of halogens is 1. The molecule has 1 heterocycles. The van der Waals surface area contributed by atoms with Gasteiger partial charge in [0, 0.05) is 56.3 Å². The molecule has 0 bridgehead atoms. The highest BCUT2D eigenvalue weighted by Crippen LogP contribution is 2.24. The summed E-state index contributed by atoms with van der Waals surface area (Å²) in [6.45, 7) is 5.24. The zero-order chi connectivity index (χ0) is 21.5. The molecule has 7 heteroatoms. The summed E-state index contributed by atoms with van der Waals surface area (Å²) in [6, 6.07) is 12.8. The average molecular weight is 430 g/mol. The number of anilines is 1. The molecule has 0 radical (unpaired) electrons. The Labute approximate surface area is 182 Å². The third kappa shape index (κ3) is 6.29. The SMILES string of the molecule is COc1ccc(Cl)cc1C(=O)CCC(=O)Nc1ccc(CN2CCN(C)CC2)cc1. The predicted molar refractivity (Wildman–Crippen MR) is 119 cm³/mol. The molecule has 1 aliphatic rings. The van der Waals surface area contributed by atoms with E-state index >= 15 is 0 Å². The number of carbonyl (C=O) groups excluding carboxylic acids is 2. The first kappa shape index (κ1) is 22.3. The number of carbonyl (C=O) groups is 2. The summed E-state index contributed by atoms with van der Waals surface area (Å²) in [5.41, 5.74) is 2.35. The number of amides is 1. The van der Waals surface area contributed by atoms with E-state index in [0.29, 0.717) is 16.3 Å². The van der Waals surface area contributed by atoms with E-state index in [1.54, 1.807) is 18.2 Å². The number of piperazine rings is 1. The van der Waals surface area contributed by atoms with Gasteiger partial charge in [0.25, 0.3) is 0 Å². The molecular weight excluding hydrogens is 402 g/mol. The van der Waals surface area contributed by atoms with Crippen LogP contribution in [0.2, 0.25) is 5.02 Å². The first-order chi connectivity index (χ1) is 14.4. The van der Waals surface area contributed by atoms with E-state index in [-0.39, 0.29) is 24.5 Å². The number of hydrogen-bond donors (Lipinski definition) is 1. The smallest absolute Gasteiger partial charge is 0.224 e.